The van der Waals surface area contributed by atoms with Gasteiger partial charge < -0.3 is 10.1 Å². The summed E-state index contributed by atoms with van der Waals surface area (Å²) in [5, 5.41) is 2.76. The first-order chi connectivity index (χ1) is 5.22. The fourth-order valence-corrected chi connectivity index (χ4v) is 0.774. The van der Waals surface area contributed by atoms with Crippen LogP contribution >= 0.6 is 0 Å². The van der Waals surface area contributed by atoms with Crippen molar-refractivity contribution in [3.05, 3.63) is 0 Å². The summed E-state index contributed by atoms with van der Waals surface area (Å²) in [7, 11) is 1.64. The summed E-state index contributed by atoms with van der Waals surface area (Å²) in [5.41, 5.74) is 0. The van der Waals surface area contributed by atoms with Crippen LogP contribution in [0.5, 0.6) is 0 Å². The molecule has 0 aromatic carbocycles. The zero-order chi connectivity index (χ0) is 8.69. The van der Waals surface area contributed by atoms with E-state index in [1.165, 1.54) is 0 Å². The fourth-order valence-electron chi connectivity index (χ4n) is 0.774. The van der Waals surface area contributed by atoms with Crippen LogP contribution in [0.15, 0.2) is 0 Å². The number of carbonyl (C=O) groups is 1. The maximum Gasteiger partial charge on any atom is 0.222 e. The average Bonchev–Trinajstić information content (AvgIpc) is 2.00. The first kappa shape index (κ1) is 10.4. The smallest absolute Gasteiger partial charge is 0.222 e. The van der Waals surface area contributed by atoms with Gasteiger partial charge in [-0.25, -0.2) is 0 Å². The molecule has 0 aliphatic carbocycles. The second-order valence-corrected chi connectivity index (χ2v) is 2.58. The molecule has 0 spiro atoms. The van der Waals surface area contributed by atoms with E-state index in [9.17, 15) is 4.79 Å². The van der Waals surface area contributed by atoms with Crippen molar-refractivity contribution < 1.29 is 9.53 Å². The Hall–Kier alpha value is -0.570. The molecule has 0 aromatic heterocycles. The predicted octanol–water partition coefficient (Wildman–Crippen LogP) is 0.795. The minimum atomic E-state index is 0.0647. The maximum atomic E-state index is 11.1. The highest BCUT2D eigenvalue weighted by molar-refractivity contribution is 5.78. The molecule has 0 saturated carbocycles. The molecular formula is C8H17NO2. The number of nitrogens with one attached hydrogen (secondary N) is 1. The Morgan fingerprint density at radius 3 is 2.73 bits per heavy atom. The molecule has 0 radical (unpaired) electrons. The number of rotatable bonds is 5. The van der Waals surface area contributed by atoms with Crippen molar-refractivity contribution in [1.82, 2.24) is 5.32 Å². The fraction of sp³-hybridized carbons (Fsp3) is 0.875. The van der Waals surface area contributed by atoms with Crippen LogP contribution in [0.4, 0.5) is 0 Å². The van der Waals surface area contributed by atoms with Gasteiger partial charge in [0.1, 0.15) is 0 Å². The van der Waals surface area contributed by atoms with E-state index in [2.05, 4.69) is 5.32 Å². The van der Waals surface area contributed by atoms with Crippen molar-refractivity contribution in [2.75, 3.05) is 20.3 Å². The molecule has 0 heterocycles. The monoisotopic (exact) mass is 159 g/mol. The van der Waals surface area contributed by atoms with Crippen molar-refractivity contribution in [2.45, 2.75) is 20.3 Å². The summed E-state index contributed by atoms with van der Waals surface area (Å²) in [5.74, 6) is 0.180. The van der Waals surface area contributed by atoms with Crippen LogP contribution in [-0.2, 0) is 9.53 Å². The van der Waals surface area contributed by atoms with Crippen molar-refractivity contribution in [3.63, 3.8) is 0 Å². The Kier molecular flexibility index (Phi) is 5.84. The Morgan fingerprint density at radius 2 is 2.27 bits per heavy atom. The molecule has 0 aliphatic heterocycles. The largest absolute Gasteiger partial charge is 0.385 e. The Balaban J connectivity index is 3.46. The molecule has 1 amide bonds. The first-order valence-electron chi connectivity index (χ1n) is 3.99. The van der Waals surface area contributed by atoms with Gasteiger partial charge in [0.05, 0.1) is 0 Å². The van der Waals surface area contributed by atoms with E-state index in [-0.39, 0.29) is 11.8 Å². The van der Waals surface area contributed by atoms with Gasteiger partial charge in [-0.1, -0.05) is 6.92 Å². The van der Waals surface area contributed by atoms with Gasteiger partial charge in [-0.3, -0.25) is 4.79 Å². The van der Waals surface area contributed by atoms with Gasteiger partial charge in [-0.2, -0.15) is 0 Å². The summed E-state index contributed by atoms with van der Waals surface area (Å²) >= 11 is 0. The minimum absolute atomic E-state index is 0.0647. The summed E-state index contributed by atoms with van der Waals surface area (Å²) in [6.07, 6.45) is 0.794. The van der Waals surface area contributed by atoms with Crippen LogP contribution in [0.2, 0.25) is 0 Å². The predicted molar refractivity (Wildman–Crippen MR) is 44.3 cm³/mol. The van der Waals surface area contributed by atoms with E-state index >= 15 is 0 Å². The van der Waals surface area contributed by atoms with Gasteiger partial charge in [-0.05, 0) is 13.3 Å². The normalized spacial score (nSPS) is 12.6. The molecular weight excluding hydrogens is 142 g/mol. The standard InChI is InChI=1S/C8H17NO2/c1-4-9-8(10)7(2)5-6-11-3/h7H,4-6H2,1-3H3,(H,9,10). The van der Waals surface area contributed by atoms with Crippen molar-refractivity contribution in [2.24, 2.45) is 5.92 Å². The zero-order valence-corrected chi connectivity index (χ0v) is 7.52. The second-order valence-electron chi connectivity index (χ2n) is 2.58. The van der Waals surface area contributed by atoms with Crippen LogP contribution in [0, 0.1) is 5.92 Å². The Labute approximate surface area is 68.1 Å². The lowest BCUT2D eigenvalue weighted by atomic mass is 10.1. The van der Waals surface area contributed by atoms with Crippen LogP contribution in [0.1, 0.15) is 20.3 Å². The number of hydrogen-bond acceptors (Lipinski definition) is 2. The van der Waals surface area contributed by atoms with E-state index in [1.54, 1.807) is 7.11 Å². The van der Waals surface area contributed by atoms with Crippen molar-refractivity contribution in [1.29, 1.82) is 0 Å². The van der Waals surface area contributed by atoms with Crippen LogP contribution in [-0.4, -0.2) is 26.2 Å². The molecule has 0 bridgehead atoms. The second kappa shape index (κ2) is 6.16. The van der Waals surface area contributed by atoms with Gasteiger partial charge in [0, 0.05) is 26.2 Å². The molecule has 0 aliphatic rings. The molecule has 66 valence electrons. The number of ether oxygens (including phenoxy) is 1. The third-order valence-corrected chi connectivity index (χ3v) is 1.55. The molecule has 0 saturated heterocycles. The summed E-state index contributed by atoms with van der Waals surface area (Å²) < 4.78 is 4.86. The molecule has 0 aromatic rings. The molecule has 3 heteroatoms. The summed E-state index contributed by atoms with van der Waals surface area (Å²) in [6.45, 7) is 5.18. The molecule has 3 nitrogen and oxygen atoms in total. The van der Waals surface area contributed by atoms with E-state index in [4.69, 9.17) is 4.74 Å². The van der Waals surface area contributed by atoms with E-state index in [1.807, 2.05) is 13.8 Å². The topological polar surface area (TPSA) is 38.3 Å². The number of amides is 1. The lowest BCUT2D eigenvalue weighted by Crippen LogP contribution is -2.29. The van der Waals surface area contributed by atoms with Gasteiger partial charge in [0.15, 0.2) is 0 Å². The highest BCUT2D eigenvalue weighted by atomic mass is 16.5. The molecule has 0 fully saturated rings. The Morgan fingerprint density at radius 1 is 1.64 bits per heavy atom. The highest BCUT2D eigenvalue weighted by Crippen LogP contribution is 2.00. The molecule has 1 atom stereocenters. The van der Waals surface area contributed by atoms with Gasteiger partial charge in [-0.15, -0.1) is 0 Å². The van der Waals surface area contributed by atoms with Crippen LogP contribution < -0.4 is 5.32 Å². The molecule has 1 unspecified atom stereocenters. The third kappa shape index (κ3) is 4.79. The van der Waals surface area contributed by atoms with E-state index in [0.717, 1.165) is 6.42 Å². The van der Waals surface area contributed by atoms with Crippen LogP contribution in [0.25, 0.3) is 0 Å². The SMILES string of the molecule is CCNC(=O)C(C)CCOC. The number of hydrogen-bond donors (Lipinski definition) is 1. The molecule has 1 N–H and O–H groups in total. The van der Waals surface area contributed by atoms with Crippen molar-refractivity contribution >= 4 is 5.91 Å². The lowest BCUT2D eigenvalue weighted by molar-refractivity contribution is -0.124. The number of methoxy groups -OCH3 is 1. The maximum absolute atomic E-state index is 11.1. The molecule has 0 rings (SSSR count). The van der Waals surface area contributed by atoms with Crippen LogP contribution in [0.3, 0.4) is 0 Å². The number of carbonyl (C=O) groups excluding carboxylic acids is 1. The minimum Gasteiger partial charge on any atom is -0.385 e. The van der Waals surface area contributed by atoms with Gasteiger partial charge in [0.25, 0.3) is 0 Å². The average molecular weight is 159 g/mol. The summed E-state index contributed by atoms with van der Waals surface area (Å²) in [6, 6.07) is 0. The third-order valence-electron chi connectivity index (χ3n) is 1.55. The van der Waals surface area contributed by atoms with E-state index < -0.39 is 0 Å². The Bertz CT molecular complexity index is 115. The quantitative estimate of drug-likeness (QED) is 0.644. The van der Waals surface area contributed by atoms with E-state index in [0.29, 0.717) is 13.2 Å². The highest BCUT2D eigenvalue weighted by Gasteiger charge is 2.10. The summed E-state index contributed by atoms with van der Waals surface area (Å²) in [4.78, 5) is 11.1. The van der Waals surface area contributed by atoms with Gasteiger partial charge >= 0.3 is 0 Å². The zero-order valence-electron chi connectivity index (χ0n) is 7.52. The first-order valence-corrected chi connectivity index (χ1v) is 3.99. The lowest BCUT2D eigenvalue weighted by Gasteiger charge is -2.09. The van der Waals surface area contributed by atoms with Gasteiger partial charge in [0.2, 0.25) is 5.91 Å². The molecule has 11 heavy (non-hydrogen) atoms. The van der Waals surface area contributed by atoms with Crippen molar-refractivity contribution in [3.8, 4) is 0 Å².